The van der Waals surface area contributed by atoms with Gasteiger partial charge in [-0.3, -0.25) is 19.4 Å². The Bertz CT molecular complexity index is 1080. The molecule has 0 N–H and O–H groups in total. The molecule has 46 heavy (non-hydrogen) atoms. The van der Waals surface area contributed by atoms with E-state index in [0.29, 0.717) is 73.9 Å². The molecular weight excluding hydrogens is 596 g/mol. The lowest BCUT2D eigenvalue weighted by Gasteiger charge is -2.27. The molecule has 0 radical (unpaired) electrons. The molecule has 0 fully saturated rings. The molecule has 0 aliphatic rings. The molecule has 0 aliphatic carbocycles. The quantitative estimate of drug-likeness (QED) is 0.123. The number of benzene rings is 2. The molecule has 258 valence electrons. The Labute approximate surface area is 273 Å². The van der Waals surface area contributed by atoms with Crippen LogP contribution in [0.5, 0.6) is 34.5 Å². The van der Waals surface area contributed by atoms with E-state index in [4.69, 9.17) is 37.9 Å². The molecule has 0 atom stereocenters. The van der Waals surface area contributed by atoms with E-state index in [9.17, 15) is 9.59 Å². The van der Waals surface area contributed by atoms with Gasteiger partial charge < -0.3 is 37.9 Å². The highest BCUT2D eigenvalue weighted by molar-refractivity contribution is 5.72. The number of methoxy groups -OCH3 is 6. The second-order valence-corrected chi connectivity index (χ2v) is 10.6. The Hall–Kier alpha value is -3.90. The number of unbranched alkanes of at least 4 members (excludes halogenated alkanes) is 2. The second-order valence-electron chi connectivity index (χ2n) is 10.6. The van der Waals surface area contributed by atoms with Gasteiger partial charge in [-0.25, -0.2) is 0 Å². The van der Waals surface area contributed by atoms with E-state index in [2.05, 4.69) is 0 Å². The summed E-state index contributed by atoms with van der Waals surface area (Å²) in [6.45, 7) is 6.57. The molecule has 0 unspecified atom stereocenters. The fraction of sp³-hybridized carbons (Fsp3) is 0.588. The third-order valence-corrected chi connectivity index (χ3v) is 7.22. The summed E-state index contributed by atoms with van der Waals surface area (Å²) in [6.07, 6.45) is 3.43. The maximum atomic E-state index is 12.9. The third-order valence-electron chi connectivity index (χ3n) is 7.22. The maximum Gasteiger partial charge on any atom is 0.320 e. The van der Waals surface area contributed by atoms with Crippen molar-refractivity contribution in [2.45, 2.75) is 52.6 Å². The summed E-state index contributed by atoms with van der Waals surface area (Å²) >= 11 is 0. The van der Waals surface area contributed by atoms with E-state index in [0.717, 1.165) is 36.8 Å². The molecule has 2 rings (SSSR count). The van der Waals surface area contributed by atoms with Crippen LogP contribution in [0.2, 0.25) is 0 Å². The normalized spacial score (nSPS) is 10.9. The Morgan fingerprint density at radius 3 is 1.13 bits per heavy atom. The number of carbonyl (C=O) groups is 2. The van der Waals surface area contributed by atoms with Crippen molar-refractivity contribution >= 4 is 11.9 Å². The van der Waals surface area contributed by atoms with Gasteiger partial charge in [-0.05, 0) is 48.2 Å². The van der Waals surface area contributed by atoms with Crippen molar-refractivity contribution < 1.29 is 47.5 Å². The predicted molar refractivity (Wildman–Crippen MR) is 174 cm³/mol. The summed E-state index contributed by atoms with van der Waals surface area (Å²) in [5, 5.41) is 0. The van der Waals surface area contributed by atoms with E-state index >= 15 is 0 Å². The Balaban J connectivity index is 2.37. The van der Waals surface area contributed by atoms with Crippen molar-refractivity contribution in [1.29, 1.82) is 0 Å². The van der Waals surface area contributed by atoms with E-state index in [1.54, 1.807) is 42.7 Å². The van der Waals surface area contributed by atoms with Crippen molar-refractivity contribution in [2.24, 2.45) is 0 Å². The molecule has 0 spiro atoms. The summed E-state index contributed by atoms with van der Waals surface area (Å²) in [4.78, 5) is 29.7. The number of hydrogen-bond donors (Lipinski definition) is 0. The molecule has 0 bridgehead atoms. The fourth-order valence-corrected chi connectivity index (χ4v) is 4.80. The van der Waals surface area contributed by atoms with Gasteiger partial charge >= 0.3 is 11.9 Å². The molecule has 2 aromatic rings. The average molecular weight is 649 g/mol. The summed E-state index contributed by atoms with van der Waals surface area (Å²) in [5.41, 5.74) is 1.71. The van der Waals surface area contributed by atoms with Gasteiger partial charge in [0.25, 0.3) is 0 Å². The Morgan fingerprint density at radius 1 is 0.543 bits per heavy atom. The van der Waals surface area contributed by atoms with Crippen molar-refractivity contribution in [3.63, 3.8) is 0 Å². The Morgan fingerprint density at radius 2 is 0.870 bits per heavy atom. The number of hydrogen-bond acceptors (Lipinski definition) is 12. The summed E-state index contributed by atoms with van der Waals surface area (Å²) in [5.74, 6) is 2.38. The molecule has 12 nitrogen and oxygen atoms in total. The molecule has 0 aliphatic heterocycles. The van der Waals surface area contributed by atoms with Crippen LogP contribution >= 0.6 is 0 Å². The lowest BCUT2D eigenvalue weighted by Crippen LogP contribution is -2.40. The molecule has 0 heterocycles. The van der Waals surface area contributed by atoms with Crippen LogP contribution in [0.3, 0.4) is 0 Å². The molecule has 0 amide bonds. The van der Waals surface area contributed by atoms with Crippen molar-refractivity contribution in [3.8, 4) is 34.5 Å². The van der Waals surface area contributed by atoms with Gasteiger partial charge in [0.05, 0.1) is 69.0 Å². The minimum absolute atomic E-state index is 0.0549. The molecule has 12 heteroatoms. The monoisotopic (exact) mass is 648 g/mol. The van der Waals surface area contributed by atoms with Crippen LogP contribution in [0.1, 0.15) is 50.7 Å². The lowest BCUT2D eigenvalue weighted by molar-refractivity contribution is -0.147. The van der Waals surface area contributed by atoms with Crippen LogP contribution in [0.4, 0.5) is 0 Å². The molecule has 0 aromatic heterocycles. The van der Waals surface area contributed by atoms with E-state index < -0.39 is 0 Å². The highest BCUT2D eigenvalue weighted by Gasteiger charge is 2.21. The molecule has 0 saturated heterocycles. The summed E-state index contributed by atoms with van der Waals surface area (Å²) in [7, 11) is 9.34. The first kappa shape index (κ1) is 38.3. The number of rotatable bonds is 23. The minimum atomic E-state index is -0.323. The highest BCUT2D eigenvalue weighted by Crippen LogP contribution is 2.39. The lowest BCUT2D eigenvalue weighted by atomic mass is 10.1. The zero-order chi connectivity index (χ0) is 33.9. The van der Waals surface area contributed by atoms with Crippen LogP contribution in [0, 0.1) is 0 Å². The van der Waals surface area contributed by atoms with Crippen molar-refractivity contribution in [3.05, 3.63) is 35.4 Å². The van der Waals surface area contributed by atoms with Crippen molar-refractivity contribution in [1.82, 2.24) is 9.80 Å². The summed E-state index contributed by atoms with van der Waals surface area (Å²) < 4.78 is 44.1. The first-order valence-corrected chi connectivity index (χ1v) is 15.6. The number of carbonyl (C=O) groups excluding carboxylic acids is 2. The standard InChI is InChI=1S/C34H52N2O10/c1-9-11-15-45-31(37)23-35(21-25-17-27(39-3)33(43-7)28(18-25)40-4)13-14-36(24-32(38)46-16-12-10-2)22-26-19-29(41-5)34(44-8)30(20-26)42-6/h17-20H,9-16,21-24H2,1-8H3. The van der Waals surface area contributed by atoms with Crippen molar-refractivity contribution in [2.75, 3.05) is 82.1 Å². The topological polar surface area (TPSA) is 114 Å². The van der Waals surface area contributed by atoms with Crippen LogP contribution in [0.25, 0.3) is 0 Å². The number of nitrogens with zero attached hydrogens (tertiary/aromatic N) is 2. The van der Waals surface area contributed by atoms with Crippen LogP contribution < -0.4 is 28.4 Å². The SMILES string of the molecule is CCCCOC(=O)CN(CCN(CC(=O)OCCCC)Cc1cc(OC)c(OC)c(OC)c1)Cc1cc(OC)c(OC)c(OC)c1. The summed E-state index contributed by atoms with van der Waals surface area (Å²) in [6, 6.07) is 7.43. The number of ether oxygens (including phenoxy) is 8. The average Bonchev–Trinajstić information content (AvgIpc) is 3.06. The minimum Gasteiger partial charge on any atom is -0.493 e. The van der Waals surface area contributed by atoms with Crippen LogP contribution in [-0.4, -0.2) is 104 Å². The highest BCUT2D eigenvalue weighted by atomic mass is 16.5. The largest absolute Gasteiger partial charge is 0.493 e. The van der Waals surface area contributed by atoms with Gasteiger partial charge in [-0.15, -0.1) is 0 Å². The predicted octanol–water partition coefficient (Wildman–Crippen LogP) is 4.73. The number of esters is 2. The van der Waals surface area contributed by atoms with Gasteiger partial charge in [0.1, 0.15) is 0 Å². The van der Waals surface area contributed by atoms with Gasteiger partial charge in [-0.1, -0.05) is 26.7 Å². The zero-order valence-electron chi connectivity index (χ0n) is 28.8. The van der Waals surface area contributed by atoms with E-state index in [1.807, 2.05) is 47.9 Å². The van der Waals surface area contributed by atoms with Gasteiger partial charge in [0, 0.05) is 26.2 Å². The van der Waals surface area contributed by atoms with Crippen LogP contribution in [0.15, 0.2) is 24.3 Å². The second kappa shape index (κ2) is 21.0. The molecular formula is C34H52N2O10. The molecule has 0 saturated carbocycles. The zero-order valence-corrected chi connectivity index (χ0v) is 28.8. The fourth-order valence-electron chi connectivity index (χ4n) is 4.80. The van der Waals surface area contributed by atoms with E-state index in [1.165, 1.54) is 0 Å². The maximum absolute atomic E-state index is 12.9. The van der Waals surface area contributed by atoms with E-state index in [-0.39, 0.29) is 25.0 Å². The Kier molecular flexibility index (Phi) is 17.5. The van der Waals surface area contributed by atoms with Gasteiger partial charge in [0.2, 0.25) is 11.5 Å². The van der Waals surface area contributed by atoms with Gasteiger partial charge in [-0.2, -0.15) is 0 Å². The first-order chi connectivity index (χ1) is 22.3. The smallest absolute Gasteiger partial charge is 0.320 e. The molecule has 2 aromatic carbocycles. The van der Waals surface area contributed by atoms with Gasteiger partial charge in [0.15, 0.2) is 23.0 Å². The van der Waals surface area contributed by atoms with Crippen LogP contribution in [-0.2, 0) is 32.2 Å². The third kappa shape index (κ3) is 12.1. The first-order valence-electron chi connectivity index (χ1n) is 15.6.